The van der Waals surface area contributed by atoms with E-state index in [0.717, 1.165) is 28.9 Å². The molecule has 1 aromatic heterocycles. The molecule has 0 aliphatic carbocycles. The van der Waals surface area contributed by atoms with Gasteiger partial charge in [0.1, 0.15) is 11.9 Å². The topological polar surface area (TPSA) is 36.4 Å². The molecule has 0 spiro atoms. The van der Waals surface area contributed by atoms with E-state index in [4.69, 9.17) is 0 Å². The Morgan fingerprint density at radius 3 is 2.68 bits per heavy atom. The Morgan fingerprint density at radius 1 is 1.29 bits per heavy atom. The number of benzene rings is 1. The summed E-state index contributed by atoms with van der Waals surface area (Å²) in [7, 11) is 1.70. The molecule has 1 saturated heterocycles. The molecule has 0 saturated carbocycles. The van der Waals surface area contributed by atoms with Gasteiger partial charge in [-0.15, -0.1) is 6.58 Å². The average molecular weight is 429 g/mol. The van der Waals surface area contributed by atoms with Gasteiger partial charge in [-0.2, -0.15) is 13.2 Å². The number of amides is 1. The Morgan fingerprint density at radius 2 is 2.03 bits per heavy atom. The lowest BCUT2D eigenvalue weighted by Gasteiger charge is -2.30. The van der Waals surface area contributed by atoms with Crippen LogP contribution in [0.5, 0.6) is 0 Å². The van der Waals surface area contributed by atoms with E-state index in [1.807, 2.05) is 25.1 Å². The largest absolute Gasteiger partial charge is 0.416 e. The first-order chi connectivity index (χ1) is 14.7. The third-order valence-electron chi connectivity index (χ3n) is 5.50. The van der Waals surface area contributed by atoms with Crippen LogP contribution in [0.15, 0.2) is 49.6 Å². The highest BCUT2D eigenvalue weighted by Gasteiger charge is 2.37. The van der Waals surface area contributed by atoms with Crippen LogP contribution in [0.3, 0.4) is 0 Å². The van der Waals surface area contributed by atoms with Gasteiger partial charge in [-0.05, 0) is 61.6 Å². The number of nitrogens with zero attached hydrogens (tertiary/aromatic N) is 3. The maximum atomic E-state index is 13.4. The number of aryl methyl sites for hydroxylation is 1. The molecular weight excluding hydrogens is 403 g/mol. The number of hydrogen-bond acceptors (Lipinski definition) is 3. The lowest BCUT2D eigenvalue weighted by molar-refractivity contribution is -0.137. The zero-order valence-electron chi connectivity index (χ0n) is 17.7. The summed E-state index contributed by atoms with van der Waals surface area (Å²) in [6.07, 6.45) is 0.405. The van der Waals surface area contributed by atoms with Gasteiger partial charge in [-0.3, -0.25) is 4.79 Å². The molecule has 1 aliphatic heterocycles. The van der Waals surface area contributed by atoms with Crippen molar-refractivity contribution < 1.29 is 18.0 Å². The zero-order chi connectivity index (χ0) is 22.8. The van der Waals surface area contributed by atoms with Gasteiger partial charge in [0.2, 0.25) is 5.91 Å². The first-order valence-electron chi connectivity index (χ1n) is 10.1. The molecule has 0 N–H and O–H groups in total. The summed E-state index contributed by atoms with van der Waals surface area (Å²) in [6, 6.07) is 7.27. The van der Waals surface area contributed by atoms with Gasteiger partial charge in [-0.25, -0.2) is 4.98 Å². The fourth-order valence-corrected chi connectivity index (χ4v) is 3.91. The Bertz CT molecular complexity index is 1000. The third-order valence-corrected chi connectivity index (χ3v) is 5.50. The molecule has 3 rings (SSSR count). The van der Waals surface area contributed by atoms with Crippen molar-refractivity contribution in [3.05, 3.63) is 72.0 Å². The molecule has 1 amide bonds. The molecule has 2 aromatic rings. The van der Waals surface area contributed by atoms with E-state index < -0.39 is 17.8 Å². The van der Waals surface area contributed by atoms with E-state index in [1.54, 1.807) is 22.9 Å². The predicted octanol–water partition coefficient (Wildman–Crippen LogP) is 5.41. The molecule has 0 unspecified atom stereocenters. The van der Waals surface area contributed by atoms with Gasteiger partial charge in [-0.1, -0.05) is 24.8 Å². The number of carbonyl (C=O) groups excluding carboxylic acids is 1. The number of halogens is 3. The molecular formula is C24H26F3N3O. The van der Waals surface area contributed by atoms with Crippen molar-refractivity contribution >= 4 is 23.5 Å². The molecule has 1 atom stereocenters. The second-order valence-electron chi connectivity index (χ2n) is 7.71. The number of hydrogen-bond donors (Lipinski definition) is 0. The van der Waals surface area contributed by atoms with Crippen molar-refractivity contribution in [3.8, 4) is 0 Å². The number of rotatable bonds is 6. The van der Waals surface area contributed by atoms with Gasteiger partial charge in [0.15, 0.2) is 0 Å². The first-order valence-corrected chi connectivity index (χ1v) is 10.1. The number of alkyl halides is 3. The number of aromatic nitrogens is 1. The number of carbonyl (C=O) groups is 1. The van der Waals surface area contributed by atoms with Gasteiger partial charge < -0.3 is 9.80 Å². The highest BCUT2D eigenvalue weighted by Crippen LogP contribution is 2.34. The van der Waals surface area contributed by atoms with E-state index in [9.17, 15) is 18.0 Å². The van der Waals surface area contributed by atoms with Crippen molar-refractivity contribution in [2.75, 3.05) is 23.4 Å². The zero-order valence-corrected chi connectivity index (χ0v) is 17.7. The lowest BCUT2D eigenvalue weighted by Crippen LogP contribution is -2.45. The van der Waals surface area contributed by atoms with E-state index in [1.165, 1.54) is 6.08 Å². The highest BCUT2D eigenvalue weighted by molar-refractivity contribution is 5.99. The molecule has 0 radical (unpaired) electrons. The summed E-state index contributed by atoms with van der Waals surface area (Å²) in [6.45, 7) is 9.73. The van der Waals surface area contributed by atoms with Gasteiger partial charge in [0.25, 0.3) is 0 Å². The summed E-state index contributed by atoms with van der Waals surface area (Å²) in [5.74, 6) is -0.0303. The van der Waals surface area contributed by atoms with Crippen LogP contribution in [-0.4, -0.2) is 30.5 Å². The van der Waals surface area contributed by atoms with Gasteiger partial charge in [0, 0.05) is 19.3 Å². The summed E-state index contributed by atoms with van der Waals surface area (Å²) < 4.78 is 40.1. The fraction of sp³-hybridized carbons (Fsp3) is 0.333. The minimum atomic E-state index is -4.51. The van der Waals surface area contributed by atoms with Crippen molar-refractivity contribution in [2.45, 2.75) is 38.4 Å². The molecule has 0 bridgehead atoms. The lowest BCUT2D eigenvalue weighted by atomic mass is 10.0. The SMILES string of the molecule is C=CCc1ccc(C)cc1N(C)C(=O)[C@@H]1CCCN1c1cc(C(F)(F)F)cc(C=C)n1. The number of allylic oxidation sites excluding steroid dienone is 1. The van der Waals surface area contributed by atoms with E-state index in [2.05, 4.69) is 18.1 Å². The van der Waals surface area contributed by atoms with Crippen LogP contribution in [-0.2, 0) is 17.4 Å². The minimum absolute atomic E-state index is 0.128. The third kappa shape index (κ3) is 4.81. The normalized spacial score (nSPS) is 16.3. The number of pyridine rings is 1. The molecule has 2 heterocycles. The van der Waals surface area contributed by atoms with Crippen LogP contribution in [0.2, 0.25) is 0 Å². The summed E-state index contributed by atoms with van der Waals surface area (Å²) in [5.41, 5.74) is 2.09. The maximum Gasteiger partial charge on any atom is 0.416 e. The summed E-state index contributed by atoms with van der Waals surface area (Å²) >= 11 is 0. The van der Waals surface area contributed by atoms with Crippen molar-refractivity contribution in [3.63, 3.8) is 0 Å². The minimum Gasteiger partial charge on any atom is -0.345 e. The molecule has 164 valence electrons. The van der Waals surface area contributed by atoms with E-state index in [-0.39, 0.29) is 17.4 Å². The van der Waals surface area contributed by atoms with Crippen LogP contribution in [0.4, 0.5) is 24.7 Å². The fourth-order valence-electron chi connectivity index (χ4n) is 3.91. The molecule has 4 nitrogen and oxygen atoms in total. The second kappa shape index (κ2) is 8.96. The smallest absolute Gasteiger partial charge is 0.345 e. The van der Waals surface area contributed by atoms with Crippen LogP contribution in [0.25, 0.3) is 6.08 Å². The van der Waals surface area contributed by atoms with Crippen LogP contribution < -0.4 is 9.80 Å². The van der Waals surface area contributed by atoms with Crippen molar-refractivity contribution in [1.82, 2.24) is 4.98 Å². The van der Waals surface area contributed by atoms with Gasteiger partial charge in [0.05, 0.1) is 11.3 Å². The first kappa shape index (κ1) is 22.6. The van der Waals surface area contributed by atoms with Crippen LogP contribution in [0, 0.1) is 6.92 Å². The van der Waals surface area contributed by atoms with Crippen LogP contribution in [0.1, 0.15) is 35.2 Å². The van der Waals surface area contributed by atoms with Crippen molar-refractivity contribution in [1.29, 1.82) is 0 Å². The number of anilines is 2. The Hall–Kier alpha value is -3.09. The monoisotopic (exact) mass is 429 g/mol. The Kier molecular flexibility index (Phi) is 6.53. The average Bonchev–Trinajstić information content (AvgIpc) is 3.23. The molecule has 1 aromatic carbocycles. The molecule has 31 heavy (non-hydrogen) atoms. The van der Waals surface area contributed by atoms with Crippen molar-refractivity contribution in [2.24, 2.45) is 0 Å². The maximum absolute atomic E-state index is 13.4. The van der Waals surface area contributed by atoms with E-state index in [0.29, 0.717) is 25.8 Å². The molecule has 7 heteroatoms. The Balaban J connectivity index is 1.95. The highest BCUT2D eigenvalue weighted by atomic mass is 19.4. The molecule has 1 fully saturated rings. The van der Waals surface area contributed by atoms with Crippen LogP contribution >= 0.6 is 0 Å². The van der Waals surface area contributed by atoms with E-state index >= 15 is 0 Å². The predicted molar refractivity (Wildman–Crippen MR) is 118 cm³/mol. The summed E-state index contributed by atoms with van der Waals surface area (Å²) in [4.78, 5) is 21.0. The summed E-state index contributed by atoms with van der Waals surface area (Å²) in [5, 5.41) is 0. The van der Waals surface area contributed by atoms with Gasteiger partial charge >= 0.3 is 6.18 Å². The Labute approximate surface area is 180 Å². The number of likely N-dealkylation sites (N-methyl/N-ethyl adjacent to an activating group) is 1. The second-order valence-corrected chi connectivity index (χ2v) is 7.71. The quantitative estimate of drug-likeness (QED) is 0.576. The standard InChI is InChI=1S/C24H26F3N3O/c1-5-8-17-11-10-16(3)13-21(17)29(4)23(31)20-9-7-12-30(20)22-15-18(24(25,26)27)14-19(6-2)28-22/h5-6,10-11,13-15,20H,1-2,7-9,12H2,3-4H3/t20-/m0/s1. The molecule has 1 aliphatic rings.